The van der Waals surface area contributed by atoms with Gasteiger partial charge >= 0.3 is 0 Å². The zero-order valence-corrected chi connectivity index (χ0v) is 15.3. The van der Waals surface area contributed by atoms with E-state index in [0.717, 1.165) is 57.0 Å². The Hall–Kier alpha value is -1.73. The van der Waals surface area contributed by atoms with Crippen molar-refractivity contribution in [1.29, 1.82) is 0 Å². The van der Waals surface area contributed by atoms with Crippen molar-refractivity contribution in [2.24, 2.45) is 5.92 Å². The number of fused-ring (bicyclic) bond motifs is 2. The SMILES string of the molecule is O=C(C1NNC2CCCC21)N1CCc2ncnc(N3CCCC3)c2CC1. The maximum absolute atomic E-state index is 13.2. The van der Waals surface area contributed by atoms with Crippen LogP contribution in [-0.2, 0) is 17.6 Å². The van der Waals surface area contributed by atoms with E-state index in [4.69, 9.17) is 0 Å². The summed E-state index contributed by atoms with van der Waals surface area (Å²) in [5, 5.41) is 0. The number of hydrazine groups is 1. The summed E-state index contributed by atoms with van der Waals surface area (Å²) in [4.78, 5) is 26.8. The van der Waals surface area contributed by atoms with Gasteiger partial charge in [0.2, 0.25) is 5.91 Å². The van der Waals surface area contributed by atoms with Crippen LogP contribution in [0.15, 0.2) is 6.33 Å². The molecule has 4 aliphatic rings. The molecule has 3 atom stereocenters. The number of amides is 1. The monoisotopic (exact) mass is 356 g/mol. The Kier molecular flexibility index (Phi) is 4.29. The quantitative estimate of drug-likeness (QED) is 0.811. The number of hydrogen-bond donors (Lipinski definition) is 2. The van der Waals surface area contributed by atoms with E-state index in [2.05, 4.69) is 30.6 Å². The highest BCUT2D eigenvalue weighted by atomic mass is 16.2. The van der Waals surface area contributed by atoms with Crippen LogP contribution in [0.1, 0.15) is 43.4 Å². The van der Waals surface area contributed by atoms with Gasteiger partial charge in [-0.05, 0) is 32.1 Å². The van der Waals surface area contributed by atoms with Crippen molar-refractivity contribution in [3.63, 3.8) is 0 Å². The van der Waals surface area contributed by atoms with Gasteiger partial charge in [0.25, 0.3) is 0 Å². The lowest BCUT2D eigenvalue weighted by molar-refractivity contribution is -0.134. The summed E-state index contributed by atoms with van der Waals surface area (Å²) < 4.78 is 0. The smallest absolute Gasteiger partial charge is 0.241 e. The van der Waals surface area contributed by atoms with Crippen LogP contribution in [-0.4, -0.2) is 59.0 Å². The molecule has 0 bridgehead atoms. The molecule has 4 heterocycles. The third-order valence-electron chi connectivity index (χ3n) is 6.67. The van der Waals surface area contributed by atoms with Crippen molar-refractivity contribution >= 4 is 11.7 Å². The zero-order valence-electron chi connectivity index (χ0n) is 15.3. The molecule has 2 saturated heterocycles. The highest BCUT2D eigenvalue weighted by Gasteiger charge is 2.44. The summed E-state index contributed by atoms with van der Waals surface area (Å²) in [6.07, 6.45) is 9.45. The summed E-state index contributed by atoms with van der Waals surface area (Å²) in [6, 6.07) is 0.411. The second-order valence-corrected chi connectivity index (χ2v) is 8.11. The molecule has 2 N–H and O–H groups in total. The fourth-order valence-electron chi connectivity index (χ4n) is 5.24. The summed E-state index contributed by atoms with van der Waals surface area (Å²) in [6.45, 7) is 3.72. The van der Waals surface area contributed by atoms with Crippen LogP contribution >= 0.6 is 0 Å². The van der Waals surface area contributed by atoms with E-state index >= 15 is 0 Å². The van der Waals surface area contributed by atoms with Crippen molar-refractivity contribution in [2.45, 2.75) is 57.0 Å². The molecule has 7 nitrogen and oxygen atoms in total. The highest BCUT2D eigenvalue weighted by Crippen LogP contribution is 2.33. The Morgan fingerprint density at radius 2 is 1.85 bits per heavy atom. The normalized spacial score (nSPS) is 31.0. The van der Waals surface area contributed by atoms with Gasteiger partial charge in [0, 0.05) is 50.1 Å². The average molecular weight is 356 g/mol. The van der Waals surface area contributed by atoms with Gasteiger partial charge in [0.15, 0.2) is 0 Å². The van der Waals surface area contributed by atoms with Crippen molar-refractivity contribution in [3.8, 4) is 0 Å². The highest BCUT2D eigenvalue weighted by molar-refractivity contribution is 5.83. The Morgan fingerprint density at radius 1 is 1.00 bits per heavy atom. The fourth-order valence-corrected chi connectivity index (χ4v) is 5.24. The first-order chi connectivity index (χ1) is 12.8. The molecule has 5 rings (SSSR count). The second kappa shape index (κ2) is 6.78. The summed E-state index contributed by atoms with van der Waals surface area (Å²) in [7, 11) is 0. The Balaban J connectivity index is 1.32. The maximum atomic E-state index is 13.2. The maximum Gasteiger partial charge on any atom is 0.241 e. The van der Waals surface area contributed by atoms with Crippen LogP contribution in [0, 0.1) is 5.92 Å². The van der Waals surface area contributed by atoms with E-state index < -0.39 is 0 Å². The molecule has 7 heteroatoms. The van der Waals surface area contributed by atoms with E-state index in [1.165, 1.54) is 31.2 Å². The van der Waals surface area contributed by atoms with Crippen LogP contribution in [0.4, 0.5) is 5.82 Å². The average Bonchev–Trinajstić information content (AvgIpc) is 3.36. The van der Waals surface area contributed by atoms with Crippen molar-refractivity contribution in [3.05, 3.63) is 17.6 Å². The molecule has 1 aromatic heterocycles. The second-order valence-electron chi connectivity index (χ2n) is 8.11. The predicted octanol–water partition coefficient (Wildman–Crippen LogP) is 0.649. The molecule has 3 aliphatic heterocycles. The van der Waals surface area contributed by atoms with E-state index in [1.807, 2.05) is 0 Å². The molecule has 0 aromatic carbocycles. The molecule has 3 fully saturated rings. The first kappa shape index (κ1) is 16.4. The van der Waals surface area contributed by atoms with Crippen molar-refractivity contribution < 1.29 is 4.79 Å². The van der Waals surface area contributed by atoms with Gasteiger partial charge in [0.05, 0.1) is 5.69 Å². The lowest BCUT2D eigenvalue weighted by Gasteiger charge is -2.26. The minimum absolute atomic E-state index is 0.0622. The van der Waals surface area contributed by atoms with Gasteiger partial charge in [-0.2, -0.15) is 0 Å². The van der Waals surface area contributed by atoms with Crippen LogP contribution in [0.3, 0.4) is 0 Å². The molecule has 0 spiro atoms. The molecule has 140 valence electrons. The number of hydrogen-bond acceptors (Lipinski definition) is 6. The minimum Gasteiger partial charge on any atom is -0.356 e. The van der Waals surface area contributed by atoms with E-state index in [1.54, 1.807) is 6.33 Å². The van der Waals surface area contributed by atoms with E-state index in [9.17, 15) is 4.79 Å². The minimum atomic E-state index is -0.0622. The summed E-state index contributed by atoms with van der Waals surface area (Å²) in [5.74, 6) is 1.82. The molecule has 0 radical (unpaired) electrons. The van der Waals surface area contributed by atoms with Crippen LogP contribution in [0.5, 0.6) is 0 Å². The van der Waals surface area contributed by atoms with Crippen LogP contribution in [0.2, 0.25) is 0 Å². The molecule has 26 heavy (non-hydrogen) atoms. The van der Waals surface area contributed by atoms with Crippen LogP contribution in [0.25, 0.3) is 0 Å². The van der Waals surface area contributed by atoms with Gasteiger partial charge in [-0.3, -0.25) is 10.2 Å². The van der Waals surface area contributed by atoms with Crippen LogP contribution < -0.4 is 15.8 Å². The summed E-state index contributed by atoms with van der Waals surface area (Å²) in [5.41, 5.74) is 9.01. The number of anilines is 1. The first-order valence-electron chi connectivity index (χ1n) is 10.2. The number of rotatable bonds is 2. The van der Waals surface area contributed by atoms with Gasteiger partial charge in [-0.1, -0.05) is 6.42 Å². The molecule has 1 aromatic rings. The number of carbonyl (C=O) groups excluding carboxylic acids is 1. The standard InChI is InChI=1S/C19H28N6O/c26-19(17-13-4-3-5-16(13)22-23-17)25-10-6-14-15(7-11-25)20-12-21-18(14)24-8-1-2-9-24/h12-13,16-17,22-23H,1-11H2. The zero-order chi connectivity index (χ0) is 17.5. The van der Waals surface area contributed by atoms with Gasteiger partial charge in [-0.25, -0.2) is 15.4 Å². The van der Waals surface area contributed by atoms with E-state index in [0.29, 0.717) is 12.0 Å². The predicted molar refractivity (Wildman–Crippen MR) is 98.7 cm³/mol. The molecule has 1 aliphatic carbocycles. The Bertz CT molecular complexity index is 689. The number of nitrogens with one attached hydrogen (secondary N) is 2. The third kappa shape index (κ3) is 2.77. The van der Waals surface area contributed by atoms with Gasteiger partial charge in [0.1, 0.15) is 18.2 Å². The lowest BCUT2D eigenvalue weighted by atomic mass is 9.96. The Labute approximate surface area is 154 Å². The Morgan fingerprint density at radius 3 is 2.73 bits per heavy atom. The van der Waals surface area contributed by atoms with Gasteiger partial charge < -0.3 is 9.80 Å². The van der Waals surface area contributed by atoms with Crippen molar-refractivity contribution in [1.82, 2.24) is 25.7 Å². The first-order valence-corrected chi connectivity index (χ1v) is 10.2. The van der Waals surface area contributed by atoms with E-state index in [-0.39, 0.29) is 11.9 Å². The number of carbonyl (C=O) groups is 1. The molecular weight excluding hydrogens is 328 g/mol. The third-order valence-corrected chi connectivity index (χ3v) is 6.67. The molecule has 3 unspecified atom stereocenters. The molecular formula is C19H28N6O. The topological polar surface area (TPSA) is 73.4 Å². The fraction of sp³-hybridized carbons (Fsp3) is 0.737. The lowest BCUT2D eigenvalue weighted by Crippen LogP contribution is -2.48. The van der Waals surface area contributed by atoms with Crippen molar-refractivity contribution in [2.75, 3.05) is 31.1 Å². The molecule has 1 amide bonds. The molecule has 1 saturated carbocycles. The number of aromatic nitrogens is 2. The number of nitrogens with zero attached hydrogens (tertiary/aromatic N) is 4. The summed E-state index contributed by atoms with van der Waals surface area (Å²) >= 11 is 0. The largest absolute Gasteiger partial charge is 0.356 e. The van der Waals surface area contributed by atoms with Gasteiger partial charge in [-0.15, -0.1) is 0 Å².